The number of nitrogens with zero attached hydrogens (tertiary/aromatic N) is 1. The SMILES string of the molecule is CCCCN(CCCC)OC(C(=O)O)(C(=O)O)c1ccccc1.[K].[K]. The summed E-state index contributed by atoms with van der Waals surface area (Å²) < 4.78 is 0. The van der Waals surface area contributed by atoms with Crippen molar-refractivity contribution in [3.05, 3.63) is 35.9 Å². The van der Waals surface area contributed by atoms with Gasteiger partial charge in [0.1, 0.15) is 0 Å². The van der Waals surface area contributed by atoms with E-state index in [2.05, 4.69) is 0 Å². The molecule has 0 fully saturated rings. The molecule has 0 aliphatic carbocycles. The summed E-state index contributed by atoms with van der Waals surface area (Å²) in [6.07, 6.45) is 3.41. The molecular weight excluding hydrogens is 376 g/mol. The van der Waals surface area contributed by atoms with Crippen LogP contribution in [0.5, 0.6) is 0 Å². The van der Waals surface area contributed by atoms with E-state index in [0.717, 1.165) is 25.7 Å². The molecule has 0 amide bonds. The standard InChI is InChI=1S/C17H25NO5.2K/c1-3-5-12-18(13-6-4-2)23-17(15(19)20,16(21)22)14-10-8-7-9-11-14;;/h7-11H,3-6,12-13H2,1-2H3,(H,19,20)(H,21,22);;. The fraction of sp³-hybridized carbons (Fsp3) is 0.529. The zero-order valence-electron chi connectivity index (χ0n) is 15.7. The van der Waals surface area contributed by atoms with E-state index in [1.54, 1.807) is 18.2 Å². The predicted octanol–water partition coefficient (Wildman–Crippen LogP) is 2.12. The molecule has 2 N–H and O–H groups in total. The Morgan fingerprint density at radius 3 is 1.76 bits per heavy atom. The molecule has 0 bridgehead atoms. The Labute approximate surface area is 234 Å². The Morgan fingerprint density at radius 1 is 0.960 bits per heavy atom. The molecule has 0 spiro atoms. The van der Waals surface area contributed by atoms with Gasteiger partial charge in [-0.3, -0.25) is 4.84 Å². The van der Waals surface area contributed by atoms with E-state index >= 15 is 0 Å². The first-order chi connectivity index (χ1) is 11.0. The summed E-state index contributed by atoms with van der Waals surface area (Å²) in [6, 6.07) is 7.81. The Bertz CT molecular complexity index is 491. The summed E-state index contributed by atoms with van der Waals surface area (Å²) in [5.74, 6) is -3.07. The third-order valence-corrected chi connectivity index (χ3v) is 3.57. The minimum Gasteiger partial charge on any atom is -0.478 e. The zero-order valence-corrected chi connectivity index (χ0v) is 21.9. The number of hydrogen-bond donors (Lipinski definition) is 2. The molecule has 0 aliphatic rings. The number of aliphatic carboxylic acids is 2. The Balaban J connectivity index is 0. The fourth-order valence-corrected chi connectivity index (χ4v) is 2.21. The summed E-state index contributed by atoms with van der Waals surface area (Å²) >= 11 is 0. The maximum absolute atomic E-state index is 11.8. The summed E-state index contributed by atoms with van der Waals surface area (Å²) in [5.41, 5.74) is -2.33. The first-order valence-corrected chi connectivity index (χ1v) is 7.95. The van der Waals surface area contributed by atoms with Crippen molar-refractivity contribution in [1.29, 1.82) is 0 Å². The van der Waals surface area contributed by atoms with Crippen LogP contribution in [0, 0.1) is 0 Å². The molecule has 0 heterocycles. The van der Waals surface area contributed by atoms with Gasteiger partial charge in [-0.05, 0) is 12.8 Å². The molecule has 0 saturated carbocycles. The van der Waals surface area contributed by atoms with Crippen molar-refractivity contribution in [2.24, 2.45) is 0 Å². The Kier molecular flexibility index (Phi) is 17.5. The van der Waals surface area contributed by atoms with Crippen molar-refractivity contribution >= 4 is 115 Å². The van der Waals surface area contributed by atoms with E-state index in [1.165, 1.54) is 17.2 Å². The van der Waals surface area contributed by atoms with Crippen LogP contribution >= 0.6 is 0 Å². The second-order valence-corrected chi connectivity index (χ2v) is 5.38. The van der Waals surface area contributed by atoms with Crippen LogP contribution in [0.2, 0.25) is 0 Å². The van der Waals surface area contributed by atoms with Gasteiger partial charge in [0.05, 0.1) is 0 Å². The normalized spacial score (nSPS) is 10.7. The molecule has 1 rings (SSSR count). The van der Waals surface area contributed by atoms with Gasteiger partial charge >= 0.3 is 17.5 Å². The Hall–Kier alpha value is 1.35. The van der Waals surface area contributed by atoms with Gasteiger partial charge in [-0.25, -0.2) is 9.59 Å². The number of unbranched alkanes of at least 4 members (excludes halogenated alkanes) is 2. The topological polar surface area (TPSA) is 87.1 Å². The smallest absolute Gasteiger partial charge is 0.354 e. The third kappa shape index (κ3) is 8.49. The second kappa shape index (κ2) is 15.3. The van der Waals surface area contributed by atoms with E-state index in [4.69, 9.17) is 4.84 Å². The van der Waals surface area contributed by atoms with Crippen molar-refractivity contribution in [2.45, 2.75) is 45.1 Å². The third-order valence-electron chi connectivity index (χ3n) is 3.57. The molecule has 2 radical (unpaired) electrons. The van der Waals surface area contributed by atoms with Gasteiger partial charge in [0.2, 0.25) is 0 Å². The van der Waals surface area contributed by atoms with Gasteiger partial charge in [0, 0.05) is 121 Å². The van der Waals surface area contributed by atoms with Crippen LogP contribution in [-0.2, 0) is 20.0 Å². The van der Waals surface area contributed by atoms with Gasteiger partial charge in [-0.15, -0.1) is 0 Å². The molecule has 1 aromatic rings. The fourth-order valence-electron chi connectivity index (χ4n) is 2.21. The summed E-state index contributed by atoms with van der Waals surface area (Å²) in [4.78, 5) is 29.2. The summed E-state index contributed by atoms with van der Waals surface area (Å²) in [6.45, 7) is 5.00. The molecule has 1 aromatic carbocycles. The van der Waals surface area contributed by atoms with Crippen molar-refractivity contribution in [2.75, 3.05) is 13.1 Å². The monoisotopic (exact) mass is 401 g/mol. The molecule has 0 atom stereocenters. The van der Waals surface area contributed by atoms with E-state index in [-0.39, 0.29) is 108 Å². The van der Waals surface area contributed by atoms with Crippen molar-refractivity contribution in [1.82, 2.24) is 5.06 Å². The minimum absolute atomic E-state index is 0. The number of rotatable bonds is 11. The number of hydrogen-bond acceptors (Lipinski definition) is 4. The quantitative estimate of drug-likeness (QED) is 0.336. The van der Waals surface area contributed by atoms with Crippen LogP contribution in [0.25, 0.3) is 0 Å². The Morgan fingerprint density at radius 2 is 1.40 bits per heavy atom. The van der Waals surface area contributed by atoms with E-state index in [0.29, 0.717) is 13.1 Å². The molecule has 130 valence electrons. The van der Waals surface area contributed by atoms with E-state index < -0.39 is 17.5 Å². The summed E-state index contributed by atoms with van der Waals surface area (Å²) in [7, 11) is 0. The van der Waals surface area contributed by atoms with Crippen LogP contribution in [0.4, 0.5) is 0 Å². The molecule has 6 nitrogen and oxygen atoms in total. The molecule has 0 aromatic heterocycles. The van der Waals surface area contributed by atoms with Crippen molar-refractivity contribution < 1.29 is 24.6 Å². The van der Waals surface area contributed by atoms with Crippen molar-refractivity contribution in [3.8, 4) is 0 Å². The average Bonchev–Trinajstić information content (AvgIpc) is 2.54. The zero-order chi connectivity index (χ0) is 17.3. The number of benzene rings is 1. The van der Waals surface area contributed by atoms with Crippen LogP contribution < -0.4 is 0 Å². The number of carboxylic acid groups (broad SMARTS) is 2. The average molecular weight is 402 g/mol. The van der Waals surface area contributed by atoms with Crippen LogP contribution in [0.1, 0.15) is 45.1 Å². The van der Waals surface area contributed by atoms with Gasteiger partial charge < -0.3 is 10.2 Å². The van der Waals surface area contributed by atoms with Gasteiger partial charge in [0.25, 0.3) is 0 Å². The van der Waals surface area contributed by atoms with Gasteiger partial charge in [0.15, 0.2) is 0 Å². The molecule has 8 heteroatoms. The summed E-state index contributed by atoms with van der Waals surface area (Å²) in [5, 5.41) is 20.7. The van der Waals surface area contributed by atoms with Crippen LogP contribution in [0.15, 0.2) is 30.3 Å². The molecule has 0 unspecified atom stereocenters. The van der Waals surface area contributed by atoms with Crippen molar-refractivity contribution in [3.63, 3.8) is 0 Å². The maximum Gasteiger partial charge on any atom is 0.354 e. The first-order valence-electron chi connectivity index (χ1n) is 7.95. The molecule has 25 heavy (non-hydrogen) atoms. The molecule has 0 saturated heterocycles. The maximum atomic E-state index is 11.8. The van der Waals surface area contributed by atoms with Crippen LogP contribution in [0.3, 0.4) is 0 Å². The van der Waals surface area contributed by atoms with E-state index in [9.17, 15) is 19.8 Å². The number of carbonyl (C=O) groups is 2. The van der Waals surface area contributed by atoms with Crippen LogP contribution in [-0.4, -0.2) is 143 Å². The first kappa shape index (κ1) is 28.6. The number of hydroxylamine groups is 2. The largest absolute Gasteiger partial charge is 0.478 e. The molecule has 0 aliphatic heterocycles. The number of carboxylic acids is 2. The van der Waals surface area contributed by atoms with Gasteiger partial charge in [-0.1, -0.05) is 57.0 Å². The molecular formula is C17H25K2NO5. The predicted molar refractivity (Wildman–Crippen MR) is 97.4 cm³/mol. The second-order valence-electron chi connectivity index (χ2n) is 5.38. The van der Waals surface area contributed by atoms with Gasteiger partial charge in [-0.2, -0.15) is 5.06 Å². The van der Waals surface area contributed by atoms with E-state index in [1.807, 2.05) is 13.8 Å². The minimum atomic E-state index is -2.43.